The van der Waals surface area contributed by atoms with Gasteiger partial charge in [-0.15, -0.1) is 0 Å². The molecule has 0 saturated carbocycles. The predicted octanol–water partition coefficient (Wildman–Crippen LogP) is 2.85. The summed E-state index contributed by atoms with van der Waals surface area (Å²) in [5.41, 5.74) is 1.05. The summed E-state index contributed by atoms with van der Waals surface area (Å²) < 4.78 is 30.2. The standard InChI is InChI=1S/C15H16O4S/c1-10-9-15(11(2)8-14(10)16)20(17,18)13-6-4-12(19-3)5-7-13/h4-9,16H,1-3H3. The maximum Gasteiger partial charge on any atom is 0.206 e. The monoisotopic (exact) mass is 292 g/mol. The number of aryl methyl sites for hydroxylation is 2. The Labute approximate surface area is 118 Å². The van der Waals surface area contributed by atoms with E-state index in [0.717, 1.165) is 0 Å². The van der Waals surface area contributed by atoms with Crippen LogP contribution in [0.3, 0.4) is 0 Å². The zero-order valence-electron chi connectivity index (χ0n) is 11.5. The van der Waals surface area contributed by atoms with Crippen LogP contribution in [-0.4, -0.2) is 20.6 Å². The van der Waals surface area contributed by atoms with Crippen molar-refractivity contribution >= 4 is 9.84 Å². The average Bonchev–Trinajstić information content (AvgIpc) is 2.42. The Balaban J connectivity index is 2.57. The Bertz CT molecular complexity index is 731. The second kappa shape index (κ2) is 5.17. The molecule has 0 radical (unpaired) electrons. The van der Waals surface area contributed by atoms with Gasteiger partial charge in [-0.3, -0.25) is 0 Å². The van der Waals surface area contributed by atoms with E-state index in [-0.39, 0.29) is 15.5 Å². The number of benzene rings is 2. The summed E-state index contributed by atoms with van der Waals surface area (Å²) in [6.45, 7) is 3.33. The highest BCUT2D eigenvalue weighted by molar-refractivity contribution is 7.91. The molecule has 2 rings (SSSR count). The summed E-state index contributed by atoms with van der Waals surface area (Å²) in [5.74, 6) is 0.693. The molecule has 0 bridgehead atoms. The van der Waals surface area contributed by atoms with E-state index in [4.69, 9.17) is 4.74 Å². The van der Waals surface area contributed by atoms with Gasteiger partial charge in [0.2, 0.25) is 9.84 Å². The molecule has 4 nitrogen and oxygen atoms in total. The Hall–Kier alpha value is -2.01. The lowest BCUT2D eigenvalue weighted by Crippen LogP contribution is -2.04. The lowest BCUT2D eigenvalue weighted by Gasteiger charge is -2.10. The molecule has 0 aliphatic heterocycles. The fourth-order valence-electron chi connectivity index (χ4n) is 1.95. The minimum atomic E-state index is -3.60. The first-order chi connectivity index (χ1) is 9.36. The largest absolute Gasteiger partial charge is 0.508 e. The van der Waals surface area contributed by atoms with Gasteiger partial charge in [0, 0.05) is 0 Å². The third kappa shape index (κ3) is 2.49. The molecule has 0 atom stereocenters. The molecular weight excluding hydrogens is 276 g/mol. The molecule has 0 fully saturated rings. The molecule has 2 aromatic carbocycles. The van der Waals surface area contributed by atoms with Gasteiger partial charge in [0.25, 0.3) is 0 Å². The van der Waals surface area contributed by atoms with Gasteiger partial charge in [-0.05, 0) is 61.4 Å². The van der Waals surface area contributed by atoms with Crippen molar-refractivity contribution in [1.29, 1.82) is 0 Å². The molecule has 0 aromatic heterocycles. The van der Waals surface area contributed by atoms with E-state index in [1.54, 1.807) is 26.0 Å². The third-order valence-electron chi connectivity index (χ3n) is 3.15. The van der Waals surface area contributed by atoms with Gasteiger partial charge < -0.3 is 9.84 Å². The SMILES string of the molecule is COc1ccc(S(=O)(=O)c2cc(C)c(O)cc2C)cc1. The number of ether oxygens (including phenoxy) is 1. The number of phenolic OH excluding ortho intramolecular Hbond substituents is 1. The molecule has 0 heterocycles. The van der Waals surface area contributed by atoms with Crippen LogP contribution in [0, 0.1) is 13.8 Å². The second-order valence-corrected chi connectivity index (χ2v) is 6.50. The summed E-state index contributed by atoms with van der Waals surface area (Å²) in [6, 6.07) is 9.19. The van der Waals surface area contributed by atoms with Gasteiger partial charge in [-0.25, -0.2) is 8.42 Å². The highest BCUT2D eigenvalue weighted by Gasteiger charge is 2.21. The number of phenols is 1. The number of methoxy groups -OCH3 is 1. The first-order valence-electron chi connectivity index (χ1n) is 6.05. The zero-order chi connectivity index (χ0) is 14.9. The average molecular weight is 292 g/mol. The van der Waals surface area contributed by atoms with E-state index in [0.29, 0.717) is 16.9 Å². The van der Waals surface area contributed by atoms with Gasteiger partial charge in [-0.1, -0.05) is 0 Å². The summed E-state index contributed by atoms with van der Waals surface area (Å²) in [6.07, 6.45) is 0. The third-order valence-corrected chi connectivity index (χ3v) is 5.06. The first-order valence-corrected chi connectivity index (χ1v) is 7.54. The van der Waals surface area contributed by atoms with Crippen LogP contribution >= 0.6 is 0 Å². The van der Waals surface area contributed by atoms with Crippen LogP contribution in [0.15, 0.2) is 46.2 Å². The molecule has 2 aromatic rings. The minimum Gasteiger partial charge on any atom is -0.508 e. The number of hydrogen-bond acceptors (Lipinski definition) is 4. The fourth-order valence-corrected chi connectivity index (χ4v) is 3.51. The van der Waals surface area contributed by atoms with Gasteiger partial charge >= 0.3 is 0 Å². The first kappa shape index (κ1) is 14.4. The Morgan fingerprint density at radius 3 is 2.15 bits per heavy atom. The normalized spacial score (nSPS) is 11.3. The fraction of sp³-hybridized carbons (Fsp3) is 0.200. The number of aromatic hydroxyl groups is 1. The van der Waals surface area contributed by atoms with Gasteiger partial charge in [0.15, 0.2) is 0 Å². The lowest BCUT2D eigenvalue weighted by atomic mass is 10.1. The molecule has 0 spiro atoms. The molecule has 5 heteroatoms. The van der Waals surface area contributed by atoms with E-state index in [1.165, 1.54) is 31.4 Å². The maximum absolute atomic E-state index is 12.6. The van der Waals surface area contributed by atoms with Crippen molar-refractivity contribution in [3.63, 3.8) is 0 Å². The van der Waals surface area contributed by atoms with Gasteiger partial charge in [0.05, 0.1) is 16.9 Å². The van der Waals surface area contributed by atoms with Crippen molar-refractivity contribution in [3.8, 4) is 11.5 Å². The van der Waals surface area contributed by atoms with Crippen LogP contribution in [0.1, 0.15) is 11.1 Å². The van der Waals surface area contributed by atoms with Crippen molar-refractivity contribution in [2.75, 3.05) is 7.11 Å². The Morgan fingerprint density at radius 2 is 1.60 bits per heavy atom. The summed E-state index contributed by atoms with van der Waals surface area (Å²) in [5, 5.41) is 9.62. The summed E-state index contributed by atoms with van der Waals surface area (Å²) in [7, 11) is -2.08. The minimum absolute atomic E-state index is 0.0937. The number of sulfone groups is 1. The van der Waals surface area contributed by atoms with E-state index in [9.17, 15) is 13.5 Å². The molecule has 0 aliphatic rings. The zero-order valence-corrected chi connectivity index (χ0v) is 12.4. The molecule has 0 saturated heterocycles. The van der Waals surface area contributed by atoms with Crippen LogP contribution in [0.2, 0.25) is 0 Å². The van der Waals surface area contributed by atoms with Crippen molar-refractivity contribution < 1.29 is 18.3 Å². The topological polar surface area (TPSA) is 63.6 Å². The highest BCUT2D eigenvalue weighted by Crippen LogP contribution is 2.29. The number of rotatable bonds is 3. The molecule has 1 N–H and O–H groups in total. The molecular formula is C15H16O4S. The highest BCUT2D eigenvalue weighted by atomic mass is 32.2. The number of hydrogen-bond donors (Lipinski definition) is 1. The van der Waals surface area contributed by atoms with E-state index in [2.05, 4.69) is 0 Å². The molecule has 0 amide bonds. The smallest absolute Gasteiger partial charge is 0.206 e. The predicted molar refractivity (Wildman–Crippen MR) is 76.0 cm³/mol. The van der Waals surface area contributed by atoms with E-state index >= 15 is 0 Å². The van der Waals surface area contributed by atoms with Gasteiger partial charge in [0.1, 0.15) is 11.5 Å². The molecule has 106 valence electrons. The Morgan fingerprint density at radius 1 is 1.00 bits per heavy atom. The van der Waals surface area contributed by atoms with E-state index in [1.807, 2.05) is 0 Å². The Kier molecular flexibility index (Phi) is 3.72. The lowest BCUT2D eigenvalue weighted by molar-refractivity contribution is 0.414. The van der Waals surface area contributed by atoms with Crippen LogP contribution in [-0.2, 0) is 9.84 Å². The second-order valence-electron chi connectivity index (χ2n) is 4.58. The van der Waals surface area contributed by atoms with Crippen LogP contribution < -0.4 is 4.74 Å². The van der Waals surface area contributed by atoms with E-state index < -0.39 is 9.84 Å². The van der Waals surface area contributed by atoms with Gasteiger partial charge in [-0.2, -0.15) is 0 Å². The summed E-state index contributed by atoms with van der Waals surface area (Å²) in [4.78, 5) is 0.407. The molecule has 0 unspecified atom stereocenters. The van der Waals surface area contributed by atoms with Crippen molar-refractivity contribution in [2.24, 2.45) is 0 Å². The molecule has 20 heavy (non-hydrogen) atoms. The van der Waals surface area contributed by atoms with Crippen molar-refractivity contribution in [2.45, 2.75) is 23.6 Å². The maximum atomic E-state index is 12.6. The van der Waals surface area contributed by atoms with Crippen LogP contribution in [0.4, 0.5) is 0 Å². The van der Waals surface area contributed by atoms with Crippen molar-refractivity contribution in [3.05, 3.63) is 47.5 Å². The summed E-state index contributed by atoms with van der Waals surface area (Å²) >= 11 is 0. The van der Waals surface area contributed by atoms with Crippen LogP contribution in [0.25, 0.3) is 0 Å². The van der Waals surface area contributed by atoms with Crippen LogP contribution in [0.5, 0.6) is 11.5 Å². The quantitative estimate of drug-likeness (QED) is 0.945. The molecule has 0 aliphatic carbocycles. The van der Waals surface area contributed by atoms with Crippen molar-refractivity contribution in [1.82, 2.24) is 0 Å².